The van der Waals surface area contributed by atoms with Crippen LogP contribution in [-0.2, 0) is 15.7 Å². The molecular formula is C12H6F7NO2. The predicted octanol–water partition coefficient (Wildman–Crippen LogP) is 3.43. The Balaban J connectivity index is 3.66. The summed E-state index contributed by atoms with van der Waals surface area (Å²) in [5, 5.41) is 8.69. The molecule has 0 bridgehead atoms. The molecule has 10 heteroatoms. The molecule has 120 valence electrons. The van der Waals surface area contributed by atoms with Crippen LogP contribution in [0, 0.1) is 34.6 Å². The van der Waals surface area contributed by atoms with E-state index in [4.69, 9.17) is 5.26 Å². The van der Waals surface area contributed by atoms with E-state index in [2.05, 4.69) is 4.74 Å². The molecule has 0 fully saturated rings. The van der Waals surface area contributed by atoms with Crippen LogP contribution < -0.4 is 0 Å². The van der Waals surface area contributed by atoms with Crippen LogP contribution in [-0.4, -0.2) is 12.6 Å². The Bertz CT molecular complexity index is 619. The zero-order chi connectivity index (χ0) is 17.2. The molecule has 0 N–H and O–H groups in total. The van der Waals surface area contributed by atoms with Crippen LogP contribution in [0.4, 0.5) is 30.7 Å². The molecule has 0 aliphatic carbocycles. The summed E-state index contributed by atoms with van der Waals surface area (Å²) in [6.45, 7) is 0.943. The molecule has 0 spiro atoms. The van der Waals surface area contributed by atoms with Gasteiger partial charge in [-0.25, -0.2) is 17.6 Å². The fourth-order valence-electron chi connectivity index (χ4n) is 1.61. The van der Waals surface area contributed by atoms with Crippen molar-refractivity contribution in [3.63, 3.8) is 0 Å². The van der Waals surface area contributed by atoms with Crippen LogP contribution >= 0.6 is 0 Å². The van der Waals surface area contributed by atoms with Gasteiger partial charge in [0.25, 0.3) is 0 Å². The van der Waals surface area contributed by atoms with Gasteiger partial charge < -0.3 is 4.74 Å². The van der Waals surface area contributed by atoms with Crippen molar-refractivity contribution in [2.45, 2.75) is 19.0 Å². The van der Waals surface area contributed by atoms with Crippen molar-refractivity contribution in [3.8, 4) is 6.07 Å². The van der Waals surface area contributed by atoms with Crippen molar-refractivity contribution in [1.29, 1.82) is 5.26 Å². The first-order chi connectivity index (χ1) is 10.1. The third-order valence-corrected chi connectivity index (χ3v) is 2.52. The first-order valence-corrected chi connectivity index (χ1v) is 5.57. The number of hydrogen-bond acceptors (Lipinski definition) is 3. The normalized spacial score (nSPS) is 12.7. The number of nitrogens with zero attached hydrogens (tertiary/aromatic N) is 1. The first kappa shape index (κ1) is 17.7. The Labute approximate surface area is 118 Å². The molecule has 0 saturated heterocycles. The molecule has 0 aliphatic rings. The lowest BCUT2D eigenvalue weighted by atomic mass is 9.96. The molecule has 22 heavy (non-hydrogen) atoms. The molecular weight excluding hydrogens is 323 g/mol. The number of halogens is 7. The molecule has 0 saturated carbocycles. The maximum atomic E-state index is 13.6. The molecule has 1 atom stereocenters. The van der Waals surface area contributed by atoms with Gasteiger partial charge in [0.05, 0.1) is 18.2 Å². The van der Waals surface area contributed by atoms with E-state index in [1.807, 2.05) is 0 Å². The topological polar surface area (TPSA) is 50.1 Å². The summed E-state index contributed by atoms with van der Waals surface area (Å²) in [5.74, 6) is -14.5. The Morgan fingerprint density at radius 2 is 1.59 bits per heavy atom. The first-order valence-electron chi connectivity index (χ1n) is 5.57. The number of hydrogen-bond donors (Lipinski definition) is 0. The zero-order valence-corrected chi connectivity index (χ0v) is 10.7. The highest BCUT2D eigenvalue weighted by Crippen LogP contribution is 2.38. The number of alkyl halides is 3. The Hall–Kier alpha value is -2.31. The van der Waals surface area contributed by atoms with Crippen LogP contribution in [0.3, 0.4) is 0 Å². The minimum Gasteiger partial charge on any atom is -0.465 e. The SMILES string of the molecule is CCOC(=O)[C@H](C#N)c1c(F)c(F)c(C(F)(F)F)c(F)c1F. The van der Waals surface area contributed by atoms with Crippen LogP contribution in [0.5, 0.6) is 0 Å². The van der Waals surface area contributed by atoms with E-state index in [-0.39, 0.29) is 6.61 Å². The molecule has 0 amide bonds. The van der Waals surface area contributed by atoms with Gasteiger partial charge in [0.1, 0.15) is 5.56 Å². The molecule has 0 radical (unpaired) electrons. The summed E-state index contributed by atoms with van der Waals surface area (Å²) in [7, 11) is 0. The van der Waals surface area contributed by atoms with Crippen molar-refractivity contribution in [1.82, 2.24) is 0 Å². The van der Waals surface area contributed by atoms with Gasteiger partial charge in [-0.05, 0) is 6.92 Å². The zero-order valence-electron chi connectivity index (χ0n) is 10.7. The number of ether oxygens (including phenoxy) is 1. The van der Waals surface area contributed by atoms with Crippen molar-refractivity contribution >= 4 is 5.97 Å². The maximum Gasteiger partial charge on any atom is 0.422 e. The van der Waals surface area contributed by atoms with Crippen LogP contribution in [0.2, 0.25) is 0 Å². The number of nitriles is 1. The second-order valence-electron chi connectivity index (χ2n) is 3.86. The van der Waals surface area contributed by atoms with E-state index in [0.29, 0.717) is 0 Å². The lowest BCUT2D eigenvalue weighted by molar-refractivity contribution is -0.143. The summed E-state index contributed by atoms with van der Waals surface area (Å²) >= 11 is 0. The highest BCUT2D eigenvalue weighted by atomic mass is 19.4. The van der Waals surface area contributed by atoms with Crippen LogP contribution in [0.25, 0.3) is 0 Å². The number of esters is 1. The Kier molecular flexibility index (Phi) is 5.01. The maximum absolute atomic E-state index is 13.6. The molecule has 0 unspecified atom stereocenters. The van der Waals surface area contributed by atoms with Gasteiger partial charge >= 0.3 is 12.1 Å². The van der Waals surface area contributed by atoms with Gasteiger partial charge in [0, 0.05) is 0 Å². The van der Waals surface area contributed by atoms with Gasteiger partial charge in [-0.2, -0.15) is 18.4 Å². The summed E-state index contributed by atoms with van der Waals surface area (Å²) in [4.78, 5) is 11.3. The van der Waals surface area contributed by atoms with Crippen molar-refractivity contribution in [2.24, 2.45) is 0 Å². The van der Waals surface area contributed by atoms with E-state index in [9.17, 15) is 35.5 Å². The van der Waals surface area contributed by atoms with Gasteiger partial charge in [0.15, 0.2) is 29.2 Å². The average molecular weight is 329 g/mol. The standard InChI is InChI=1S/C12H6F7NO2/c1-2-22-11(21)4(3-20)5-7(13)9(15)6(12(17,18)19)10(16)8(5)14/h4H,2H2,1H3/t4-/m1/s1. The second kappa shape index (κ2) is 6.21. The van der Waals surface area contributed by atoms with E-state index < -0.39 is 52.5 Å². The molecule has 0 heterocycles. The lowest BCUT2D eigenvalue weighted by Crippen LogP contribution is -2.22. The summed E-state index contributed by atoms with van der Waals surface area (Å²) < 4.78 is 95.5. The number of carbonyl (C=O) groups excluding carboxylic acids is 1. The van der Waals surface area contributed by atoms with E-state index in [1.54, 1.807) is 0 Å². The molecule has 1 rings (SSSR count). The monoisotopic (exact) mass is 329 g/mol. The highest BCUT2D eigenvalue weighted by Gasteiger charge is 2.44. The van der Waals surface area contributed by atoms with Crippen LogP contribution in [0.15, 0.2) is 0 Å². The number of benzene rings is 1. The van der Waals surface area contributed by atoms with E-state index in [0.717, 1.165) is 6.07 Å². The molecule has 0 aliphatic heterocycles. The van der Waals surface area contributed by atoms with E-state index in [1.165, 1.54) is 6.92 Å². The van der Waals surface area contributed by atoms with E-state index >= 15 is 0 Å². The minimum absolute atomic E-state index is 0.328. The van der Waals surface area contributed by atoms with Gasteiger partial charge in [0.2, 0.25) is 0 Å². The summed E-state index contributed by atoms with van der Waals surface area (Å²) in [6.07, 6.45) is -5.71. The third kappa shape index (κ3) is 2.98. The summed E-state index contributed by atoms with van der Waals surface area (Å²) in [6, 6.07) is 1.03. The minimum atomic E-state index is -5.71. The van der Waals surface area contributed by atoms with Crippen molar-refractivity contribution in [3.05, 3.63) is 34.4 Å². The van der Waals surface area contributed by atoms with Gasteiger partial charge in [-0.15, -0.1) is 0 Å². The average Bonchev–Trinajstić information content (AvgIpc) is 2.40. The van der Waals surface area contributed by atoms with Gasteiger partial charge in [-0.1, -0.05) is 0 Å². The smallest absolute Gasteiger partial charge is 0.422 e. The predicted molar refractivity (Wildman–Crippen MR) is 56.3 cm³/mol. The Morgan fingerprint density at radius 3 is 1.91 bits per heavy atom. The summed E-state index contributed by atoms with van der Waals surface area (Å²) in [5.41, 5.74) is -4.56. The van der Waals surface area contributed by atoms with Crippen molar-refractivity contribution in [2.75, 3.05) is 6.61 Å². The van der Waals surface area contributed by atoms with Crippen LogP contribution in [0.1, 0.15) is 24.0 Å². The number of rotatable bonds is 3. The Morgan fingerprint density at radius 1 is 1.14 bits per heavy atom. The quantitative estimate of drug-likeness (QED) is 0.485. The lowest BCUT2D eigenvalue weighted by Gasteiger charge is -2.16. The molecule has 0 aromatic heterocycles. The molecule has 3 nitrogen and oxygen atoms in total. The largest absolute Gasteiger partial charge is 0.465 e. The highest BCUT2D eigenvalue weighted by molar-refractivity contribution is 5.81. The fourth-order valence-corrected chi connectivity index (χ4v) is 1.61. The second-order valence-corrected chi connectivity index (χ2v) is 3.86. The van der Waals surface area contributed by atoms with Crippen molar-refractivity contribution < 1.29 is 40.3 Å². The molecule has 1 aromatic carbocycles. The third-order valence-electron chi connectivity index (χ3n) is 2.52. The van der Waals surface area contributed by atoms with Gasteiger partial charge in [-0.3, -0.25) is 4.79 Å². The fraction of sp³-hybridized carbons (Fsp3) is 0.333. The molecule has 1 aromatic rings. The number of carbonyl (C=O) groups is 1.